The molecular weight excluding hydrogens is 331 g/mol. The Bertz CT molecular complexity index is 760. The van der Waals surface area contributed by atoms with Gasteiger partial charge in [0, 0.05) is 26.9 Å². The van der Waals surface area contributed by atoms with Crippen molar-refractivity contribution in [3.05, 3.63) is 91.0 Å². The second-order valence-corrected chi connectivity index (χ2v) is 10.2. The largest absolute Gasteiger partial charge is 0.314 e. The third kappa shape index (κ3) is 4.01. The predicted molar refractivity (Wildman–Crippen MR) is 106 cm³/mol. The molecule has 24 heavy (non-hydrogen) atoms. The molecule has 3 rings (SSSR count). The van der Waals surface area contributed by atoms with Gasteiger partial charge in [-0.05, 0) is 12.1 Å². The molecule has 0 heterocycles. The first-order chi connectivity index (χ1) is 11.7. The maximum Gasteiger partial charge on any atom is 0.144 e. The van der Waals surface area contributed by atoms with Crippen LogP contribution in [0.4, 0.5) is 0 Å². The van der Waals surface area contributed by atoms with Crippen LogP contribution in [-0.4, -0.2) is 11.4 Å². The van der Waals surface area contributed by atoms with Crippen molar-refractivity contribution in [1.29, 1.82) is 0 Å². The van der Waals surface area contributed by atoms with E-state index in [9.17, 15) is 4.57 Å². The van der Waals surface area contributed by atoms with E-state index >= 15 is 0 Å². The van der Waals surface area contributed by atoms with Gasteiger partial charge in [0.05, 0.1) is 0 Å². The summed E-state index contributed by atoms with van der Waals surface area (Å²) < 4.78 is 14.0. The minimum Gasteiger partial charge on any atom is -0.314 e. The molecule has 0 aromatic heterocycles. The summed E-state index contributed by atoms with van der Waals surface area (Å²) in [5, 5.41) is 2.15. The Labute approximate surface area is 148 Å². The Morgan fingerprint density at radius 2 is 1.17 bits per heavy atom. The molecule has 0 aliphatic carbocycles. The van der Waals surface area contributed by atoms with Crippen molar-refractivity contribution in [3.8, 4) is 0 Å². The fourth-order valence-corrected chi connectivity index (χ4v) is 7.29. The first-order valence-electron chi connectivity index (χ1n) is 8.10. The van der Waals surface area contributed by atoms with E-state index in [4.69, 9.17) is 0 Å². The van der Waals surface area contributed by atoms with Gasteiger partial charge in [-0.15, -0.1) is 11.8 Å². The number of hydrogen-bond acceptors (Lipinski definition) is 2. The molecule has 1 atom stereocenters. The normalized spacial score (nSPS) is 12.7. The van der Waals surface area contributed by atoms with Crippen LogP contribution in [0.5, 0.6) is 0 Å². The van der Waals surface area contributed by atoms with Crippen molar-refractivity contribution in [1.82, 2.24) is 0 Å². The van der Waals surface area contributed by atoms with E-state index in [1.54, 1.807) is 11.8 Å². The van der Waals surface area contributed by atoms with Crippen LogP contribution in [0.25, 0.3) is 0 Å². The summed E-state index contributed by atoms with van der Waals surface area (Å²) in [6.45, 7) is 2.16. The molecule has 0 radical (unpaired) electrons. The molecule has 1 nitrogen and oxygen atoms in total. The average Bonchev–Trinajstić information content (AvgIpc) is 2.64. The first-order valence-corrected chi connectivity index (χ1v) is 10.9. The highest BCUT2D eigenvalue weighted by Crippen LogP contribution is 2.46. The van der Waals surface area contributed by atoms with Gasteiger partial charge in [-0.2, -0.15) is 0 Å². The van der Waals surface area contributed by atoms with Gasteiger partial charge in [-0.1, -0.05) is 85.8 Å². The Morgan fingerprint density at radius 1 is 0.750 bits per heavy atom. The van der Waals surface area contributed by atoms with Gasteiger partial charge in [0.2, 0.25) is 0 Å². The second kappa shape index (κ2) is 7.88. The smallest absolute Gasteiger partial charge is 0.144 e. The Balaban J connectivity index is 1.90. The van der Waals surface area contributed by atoms with Crippen LogP contribution in [0.2, 0.25) is 0 Å². The molecule has 3 aromatic rings. The standard InChI is InChI=1S/C21H21OPS/c1-18(24-21-15-9-4-10-16-21)17-23(22,19-11-5-2-6-12-19)20-13-7-3-8-14-20/h2-16,18H,17H2,1H3. The summed E-state index contributed by atoms with van der Waals surface area (Å²) in [5.41, 5.74) is 0. The van der Waals surface area contributed by atoms with Crippen LogP contribution >= 0.6 is 18.9 Å². The fraction of sp³-hybridized carbons (Fsp3) is 0.143. The lowest BCUT2D eigenvalue weighted by molar-refractivity contribution is 0.586. The third-order valence-corrected chi connectivity index (χ3v) is 8.63. The van der Waals surface area contributed by atoms with Gasteiger partial charge in [-0.3, -0.25) is 0 Å². The summed E-state index contributed by atoms with van der Waals surface area (Å²) in [7, 11) is -2.64. The van der Waals surface area contributed by atoms with Gasteiger partial charge in [0.15, 0.2) is 0 Å². The van der Waals surface area contributed by atoms with Gasteiger partial charge < -0.3 is 4.57 Å². The average molecular weight is 352 g/mol. The Kier molecular flexibility index (Phi) is 5.60. The van der Waals surface area contributed by atoms with Gasteiger partial charge in [0.1, 0.15) is 7.14 Å². The van der Waals surface area contributed by atoms with Crippen molar-refractivity contribution >= 4 is 29.5 Å². The zero-order valence-corrected chi connectivity index (χ0v) is 15.4. The van der Waals surface area contributed by atoms with E-state index in [1.807, 2.05) is 78.9 Å². The van der Waals surface area contributed by atoms with Crippen LogP contribution in [0.15, 0.2) is 95.9 Å². The van der Waals surface area contributed by atoms with Crippen molar-refractivity contribution < 1.29 is 4.57 Å². The molecular formula is C21H21OPS. The van der Waals surface area contributed by atoms with Crippen molar-refractivity contribution in [2.75, 3.05) is 6.16 Å². The van der Waals surface area contributed by atoms with Crippen LogP contribution in [0.3, 0.4) is 0 Å². The van der Waals surface area contributed by atoms with E-state index in [2.05, 4.69) is 19.1 Å². The zero-order valence-electron chi connectivity index (χ0n) is 13.7. The molecule has 0 saturated carbocycles. The van der Waals surface area contributed by atoms with Crippen molar-refractivity contribution in [2.24, 2.45) is 0 Å². The quantitative estimate of drug-likeness (QED) is 0.449. The summed E-state index contributed by atoms with van der Waals surface area (Å²) in [6.07, 6.45) is 0.653. The second-order valence-electron chi connectivity index (χ2n) is 5.83. The van der Waals surface area contributed by atoms with Crippen molar-refractivity contribution in [2.45, 2.75) is 17.1 Å². The Hall–Kier alpha value is -1.76. The highest BCUT2D eigenvalue weighted by molar-refractivity contribution is 8.00. The van der Waals surface area contributed by atoms with Gasteiger partial charge in [-0.25, -0.2) is 0 Å². The number of rotatable bonds is 6. The molecule has 3 heteroatoms. The van der Waals surface area contributed by atoms with Gasteiger partial charge in [0.25, 0.3) is 0 Å². The SMILES string of the molecule is CC(CP(=O)(c1ccccc1)c1ccccc1)Sc1ccccc1. The lowest BCUT2D eigenvalue weighted by Gasteiger charge is -2.23. The first kappa shape index (κ1) is 17.1. The molecule has 0 saturated heterocycles. The number of hydrogen-bond donors (Lipinski definition) is 0. The van der Waals surface area contributed by atoms with E-state index < -0.39 is 7.14 Å². The minimum atomic E-state index is -2.64. The third-order valence-electron chi connectivity index (χ3n) is 3.94. The highest BCUT2D eigenvalue weighted by atomic mass is 32.2. The molecule has 0 spiro atoms. The van der Waals surface area contributed by atoms with Crippen LogP contribution in [0, 0.1) is 0 Å². The van der Waals surface area contributed by atoms with E-state index in [0.29, 0.717) is 6.16 Å². The molecule has 0 aliphatic heterocycles. The molecule has 0 bridgehead atoms. The molecule has 0 aliphatic rings. The predicted octanol–water partition coefficient (Wildman–Crippen LogP) is 5.18. The van der Waals surface area contributed by atoms with Crippen molar-refractivity contribution in [3.63, 3.8) is 0 Å². The van der Waals surface area contributed by atoms with E-state index in [1.165, 1.54) is 4.90 Å². The molecule has 0 amide bonds. The molecule has 0 fully saturated rings. The summed E-state index contributed by atoms with van der Waals surface area (Å²) in [6, 6.07) is 30.1. The van der Waals surface area contributed by atoms with Crippen LogP contribution in [-0.2, 0) is 4.57 Å². The molecule has 3 aromatic carbocycles. The van der Waals surface area contributed by atoms with E-state index in [0.717, 1.165) is 10.6 Å². The molecule has 0 N–H and O–H groups in total. The monoisotopic (exact) mass is 352 g/mol. The van der Waals surface area contributed by atoms with E-state index in [-0.39, 0.29) is 5.25 Å². The summed E-state index contributed by atoms with van der Waals surface area (Å²) in [4.78, 5) is 1.22. The maximum atomic E-state index is 14.0. The summed E-state index contributed by atoms with van der Waals surface area (Å²) >= 11 is 1.79. The lowest BCUT2D eigenvalue weighted by atomic mass is 10.4. The highest BCUT2D eigenvalue weighted by Gasteiger charge is 2.29. The number of benzene rings is 3. The fourth-order valence-electron chi connectivity index (χ4n) is 2.83. The lowest BCUT2D eigenvalue weighted by Crippen LogP contribution is -2.22. The maximum absolute atomic E-state index is 14.0. The molecule has 1 unspecified atom stereocenters. The van der Waals surface area contributed by atoms with Crippen LogP contribution < -0.4 is 10.6 Å². The topological polar surface area (TPSA) is 17.1 Å². The van der Waals surface area contributed by atoms with Gasteiger partial charge >= 0.3 is 0 Å². The van der Waals surface area contributed by atoms with Crippen LogP contribution in [0.1, 0.15) is 6.92 Å². The zero-order chi connectivity index (χ0) is 16.8. The molecule has 122 valence electrons. The minimum absolute atomic E-state index is 0.263. The summed E-state index contributed by atoms with van der Waals surface area (Å²) in [5.74, 6) is 0. The number of thioether (sulfide) groups is 1. The Morgan fingerprint density at radius 3 is 1.62 bits per heavy atom.